The molecule has 1 N–H and O–H groups in total. The Morgan fingerprint density at radius 1 is 1.33 bits per heavy atom. The van der Waals surface area contributed by atoms with Crippen LogP contribution < -0.4 is 10.1 Å². The van der Waals surface area contributed by atoms with Gasteiger partial charge in [-0.3, -0.25) is 10.1 Å². The van der Waals surface area contributed by atoms with Gasteiger partial charge in [-0.2, -0.15) is 0 Å². The maximum atomic E-state index is 13.8. The van der Waals surface area contributed by atoms with Gasteiger partial charge in [-0.15, -0.1) is 0 Å². The van der Waals surface area contributed by atoms with Gasteiger partial charge in [-0.05, 0) is 31.3 Å². The molecule has 0 heterocycles. The van der Waals surface area contributed by atoms with Crippen LogP contribution in [0, 0.1) is 15.9 Å². The third-order valence-electron chi connectivity index (χ3n) is 2.77. The monoisotopic (exact) mass is 310 g/mol. The van der Waals surface area contributed by atoms with Gasteiger partial charge in [0.2, 0.25) is 5.75 Å². The summed E-state index contributed by atoms with van der Waals surface area (Å²) in [5, 5.41) is 14.1. The number of hydrogen-bond donors (Lipinski definition) is 1. The van der Waals surface area contributed by atoms with Crippen molar-refractivity contribution >= 4 is 17.3 Å². The highest BCUT2D eigenvalue weighted by Crippen LogP contribution is 2.35. The van der Waals surface area contributed by atoms with Crippen LogP contribution in [-0.4, -0.2) is 12.0 Å². The van der Waals surface area contributed by atoms with E-state index in [2.05, 4.69) is 5.32 Å². The highest BCUT2D eigenvalue weighted by Gasteiger charge is 2.18. The van der Waals surface area contributed by atoms with Crippen molar-refractivity contribution in [1.82, 2.24) is 5.32 Å². The van der Waals surface area contributed by atoms with Gasteiger partial charge in [0, 0.05) is 23.2 Å². The van der Waals surface area contributed by atoms with Crippen LogP contribution in [0.25, 0.3) is 0 Å². The van der Waals surface area contributed by atoms with E-state index in [0.717, 1.165) is 0 Å². The largest absolute Gasteiger partial charge is 0.450 e. The number of benzene rings is 2. The van der Waals surface area contributed by atoms with Gasteiger partial charge in [-0.1, -0.05) is 17.7 Å². The predicted octanol–water partition coefficient (Wildman–Crippen LogP) is 3.90. The van der Waals surface area contributed by atoms with Gasteiger partial charge in [0.15, 0.2) is 0 Å². The van der Waals surface area contributed by atoms with Crippen LogP contribution in [0.1, 0.15) is 5.56 Å². The van der Waals surface area contributed by atoms with E-state index in [9.17, 15) is 14.5 Å². The fourth-order valence-corrected chi connectivity index (χ4v) is 1.99. The molecule has 0 atom stereocenters. The van der Waals surface area contributed by atoms with E-state index in [4.69, 9.17) is 16.3 Å². The fraction of sp³-hybridized carbons (Fsp3) is 0.143. The van der Waals surface area contributed by atoms with E-state index in [0.29, 0.717) is 5.56 Å². The summed E-state index contributed by atoms with van der Waals surface area (Å²) < 4.78 is 19.3. The molecule has 0 saturated carbocycles. The molecule has 0 aromatic heterocycles. The molecule has 2 rings (SSSR count). The molecule has 0 unspecified atom stereocenters. The first-order chi connectivity index (χ1) is 10.0. The van der Waals surface area contributed by atoms with Crippen molar-refractivity contribution in [2.45, 2.75) is 6.54 Å². The van der Waals surface area contributed by atoms with Gasteiger partial charge in [0.25, 0.3) is 0 Å². The number of ether oxygens (including phenoxy) is 1. The number of halogens is 2. The Morgan fingerprint density at radius 2 is 2.10 bits per heavy atom. The summed E-state index contributed by atoms with van der Waals surface area (Å²) in [6.07, 6.45) is 0. The predicted molar refractivity (Wildman–Crippen MR) is 77.3 cm³/mol. The van der Waals surface area contributed by atoms with Crippen molar-refractivity contribution in [3.63, 3.8) is 0 Å². The summed E-state index contributed by atoms with van der Waals surface area (Å²) >= 11 is 5.74. The second-order valence-corrected chi connectivity index (χ2v) is 4.65. The summed E-state index contributed by atoms with van der Waals surface area (Å²) in [5.74, 6) is -0.222. The van der Waals surface area contributed by atoms with Crippen molar-refractivity contribution in [3.8, 4) is 11.5 Å². The minimum Gasteiger partial charge on any atom is -0.450 e. The second kappa shape index (κ2) is 6.51. The molecule has 2 aromatic carbocycles. The van der Waals surface area contributed by atoms with Crippen LogP contribution in [0.4, 0.5) is 10.1 Å². The van der Waals surface area contributed by atoms with E-state index >= 15 is 0 Å². The molecule has 2 aromatic rings. The molecule has 0 amide bonds. The molecular weight excluding hydrogens is 299 g/mol. The molecular formula is C14H12ClFN2O3. The number of nitrogens with one attached hydrogen (secondary N) is 1. The molecule has 5 nitrogen and oxygen atoms in total. The van der Waals surface area contributed by atoms with E-state index in [1.165, 1.54) is 30.3 Å². The standard InChI is InChI=1S/C14H12ClFN2O3/c1-17-8-10-11(16)3-2-4-13(10)21-14-6-5-9(15)7-12(14)18(19)20/h2-7,17H,8H2,1H3. The van der Waals surface area contributed by atoms with Crippen LogP contribution in [0.15, 0.2) is 36.4 Å². The molecule has 0 aliphatic heterocycles. The van der Waals surface area contributed by atoms with Crippen LogP contribution >= 0.6 is 11.6 Å². The van der Waals surface area contributed by atoms with Crippen LogP contribution in [0.3, 0.4) is 0 Å². The molecule has 110 valence electrons. The van der Waals surface area contributed by atoms with Crippen molar-refractivity contribution in [3.05, 3.63) is 62.9 Å². The molecule has 0 radical (unpaired) electrons. The van der Waals surface area contributed by atoms with Gasteiger partial charge >= 0.3 is 5.69 Å². The number of hydrogen-bond acceptors (Lipinski definition) is 4. The lowest BCUT2D eigenvalue weighted by Gasteiger charge is -2.12. The van der Waals surface area contributed by atoms with Crippen LogP contribution in [-0.2, 0) is 6.54 Å². The first kappa shape index (κ1) is 15.2. The normalized spacial score (nSPS) is 10.4. The van der Waals surface area contributed by atoms with Gasteiger partial charge in [0.05, 0.1) is 4.92 Å². The molecule has 0 spiro atoms. The van der Waals surface area contributed by atoms with Gasteiger partial charge < -0.3 is 10.1 Å². The first-order valence-electron chi connectivity index (χ1n) is 6.06. The third kappa shape index (κ3) is 3.48. The zero-order valence-electron chi connectivity index (χ0n) is 11.1. The van der Waals surface area contributed by atoms with Crippen molar-refractivity contribution in [2.75, 3.05) is 7.05 Å². The summed E-state index contributed by atoms with van der Waals surface area (Å²) in [5.41, 5.74) is 0.0198. The van der Waals surface area contributed by atoms with E-state index in [-0.39, 0.29) is 28.8 Å². The molecule has 0 fully saturated rings. The van der Waals surface area contributed by atoms with E-state index in [1.54, 1.807) is 13.1 Å². The first-order valence-corrected chi connectivity index (χ1v) is 6.44. The summed E-state index contributed by atoms with van der Waals surface area (Å²) in [4.78, 5) is 10.4. The molecule has 0 bridgehead atoms. The smallest absolute Gasteiger partial charge is 0.313 e. The topological polar surface area (TPSA) is 64.4 Å². The lowest BCUT2D eigenvalue weighted by Crippen LogP contribution is -2.08. The highest BCUT2D eigenvalue weighted by atomic mass is 35.5. The SMILES string of the molecule is CNCc1c(F)cccc1Oc1ccc(Cl)cc1[N+](=O)[O-]. The summed E-state index contributed by atoms with van der Waals surface area (Å²) in [6, 6.07) is 8.37. The van der Waals surface area contributed by atoms with Gasteiger partial charge in [-0.25, -0.2) is 4.39 Å². The van der Waals surface area contributed by atoms with Crippen molar-refractivity contribution < 1.29 is 14.1 Å². The maximum absolute atomic E-state index is 13.8. The van der Waals surface area contributed by atoms with E-state index in [1.807, 2.05) is 0 Å². The van der Waals surface area contributed by atoms with Gasteiger partial charge in [0.1, 0.15) is 11.6 Å². The molecule has 0 aliphatic rings. The van der Waals surface area contributed by atoms with E-state index < -0.39 is 10.7 Å². The molecule has 0 saturated heterocycles. The number of nitro benzene ring substituents is 1. The van der Waals surface area contributed by atoms with Crippen LogP contribution in [0.5, 0.6) is 11.5 Å². The lowest BCUT2D eigenvalue weighted by atomic mass is 10.2. The molecule has 0 aliphatic carbocycles. The second-order valence-electron chi connectivity index (χ2n) is 4.22. The average Bonchev–Trinajstić information content (AvgIpc) is 2.44. The Balaban J connectivity index is 2.43. The highest BCUT2D eigenvalue weighted by molar-refractivity contribution is 6.30. The Labute approximate surface area is 125 Å². The zero-order chi connectivity index (χ0) is 15.4. The Morgan fingerprint density at radius 3 is 2.76 bits per heavy atom. The third-order valence-corrected chi connectivity index (χ3v) is 3.00. The van der Waals surface area contributed by atoms with Crippen LogP contribution in [0.2, 0.25) is 5.02 Å². The minimum absolute atomic E-state index is 0.00681. The molecule has 21 heavy (non-hydrogen) atoms. The maximum Gasteiger partial charge on any atom is 0.313 e. The lowest BCUT2D eigenvalue weighted by molar-refractivity contribution is -0.385. The Bertz CT molecular complexity index is 679. The number of rotatable bonds is 5. The average molecular weight is 311 g/mol. The molecule has 7 heteroatoms. The summed E-state index contributed by atoms with van der Waals surface area (Å²) in [7, 11) is 1.67. The van der Waals surface area contributed by atoms with Crippen molar-refractivity contribution in [2.24, 2.45) is 0 Å². The summed E-state index contributed by atoms with van der Waals surface area (Å²) in [6.45, 7) is 0.239. The zero-order valence-corrected chi connectivity index (χ0v) is 11.9. The van der Waals surface area contributed by atoms with Crippen molar-refractivity contribution in [1.29, 1.82) is 0 Å². The Hall–Kier alpha value is -2.18. The minimum atomic E-state index is -0.599. The number of nitro groups is 1. The quantitative estimate of drug-likeness (QED) is 0.672. The fourth-order valence-electron chi connectivity index (χ4n) is 1.82. The Kier molecular flexibility index (Phi) is 4.72. The number of nitrogens with zero attached hydrogens (tertiary/aromatic N) is 1.